The molecular weight excluding hydrogens is 219 g/mol. The number of halogens is 3. The lowest BCUT2D eigenvalue weighted by Crippen LogP contribution is -2.07. The van der Waals surface area contributed by atoms with Crippen molar-refractivity contribution >= 4 is 17.3 Å². The van der Waals surface area contributed by atoms with Gasteiger partial charge in [0.2, 0.25) is 0 Å². The lowest BCUT2D eigenvalue weighted by atomic mass is 10.4. The van der Waals surface area contributed by atoms with E-state index < -0.39 is 17.8 Å². The summed E-state index contributed by atoms with van der Waals surface area (Å²) in [6, 6.07) is 0. The molecule has 0 atom stereocenters. The van der Waals surface area contributed by atoms with E-state index in [2.05, 4.69) is 9.72 Å². The summed E-state index contributed by atoms with van der Waals surface area (Å²) in [4.78, 5) is 14.0. The number of rotatable bonds is 2. The number of nitrogens with zero attached hydrogens (tertiary/aromatic N) is 1. The Morgan fingerprint density at radius 2 is 2.29 bits per heavy atom. The first-order valence-corrected chi connectivity index (χ1v) is 4.40. The largest absolute Gasteiger partial charge is 0.469 e. The molecule has 0 N–H and O–H groups in total. The first-order valence-electron chi connectivity index (χ1n) is 3.52. The second kappa shape index (κ2) is 3.95. The zero-order valence-corrected chi connectivity index (χ0v) is 7.91. The Kier molecular flexibility index (Phi) is 3.10. The molecular formula is C7H6F3NO2S. The predicted molar refractivity (Wildman–Crippen MR) is 42.8 cm³/mol. The number of aromatic nitrogens is 1. The van der Waals surface area contributed by atoms with Crippen LogP contribution in [0, 0.1) is 0 Å². The minimum absolute atomic E-state index is 0.101. The molecule has 0 aliphatic rings. The van der Waals surface area contributed by atoms with Gasteiger partial charge in [-0.25, -0.2) is 4.98 Å². The van der Waals surface area contributed by atoms with Crippen molar-refractivity contribution in [2.45, 2.75) is 12.6 Å². The third-order valence-corrected chi connectivity index (χ3v) is 2.21. The number of carbonyl (C=O) groups excluding carboxylic acids is 1. The van der Waals surface area contributed by atoms with E-state index >= 15 is 0 Å². The number of thiazole rings is 1. The monoisotopic (exact) mass is 225 g/mol. The van der Waals surface area contributed by atoms with Crippen LogP contribution in [0.15, 0.2) is 5.38 Å². The molecule has 1 heterocycles. The SMILES string of the molecule is COC(=O)Cc1nc(C(F)(F)F)cs1. The number of alkyl halides is 3. The summed E-state index contributed by atoms with van der Waals surface area (Å²) in [6.45, 7) is 0. The standard InChI is InChI=1S/C7H6F3NO2S/c1-13-6(12)2-5-11-4(3-14-5)7(8,9)10/h3H,2H2,1H3. The van der Waals surface area contributed by atoms with Crippen molar-refractivity contribution in [3.8, 4) is 0 Å². The maximum absolute atomic E-state index is 12.0. The van der Waals surface area contributed by atoms with Crippen LogP contribution in [0.1, 0.15) is 10.7 Å². The van der Waals surface area contributed by atoms with E-state index in [9.17, 15) is 18.0 Å². The molecule has 0 radical (unpaired) electrons. The molecule has 78 valence electrons. The number of hydrogen-bond donors (Lipinski definition) is 0. The highest BCUT2D eigenvalue weighted by Gasteiger charge is 2.33. The van der Waals surface area contributed by atoms with Gasteiger partial charge in [0.05, 0.1) is 13.5 Å². The highest BCUT2D eigenvalue weighted by Crippen LogP contribution is 2.30. The topological polar surface area (TPSA) is 39.2 Å². The van der Waals surface area contributed by atoms with E-state index in [-0.39, 0.29) is 11.4 Å². The molecule has 0 unspecified atom stereocenters. The van der Waals surface area contributed by atoms with Gasteiger partial charge in [-0.05, 0) is 0 Å². The Labute approximate surface area is 81.5 Å². The third-order valence-electron chi connectivity index (χ3n) is 1.37. The fraction of sp³-hybridized carbons (Fsp3) is 0.429. The van der Waals surface area contributed by atoms with Crippen molar-refractivity contribution in [3.05, 3.63) is 16.1 Å². The van der Waals surface area contributed by atoms with Crippen molar-refractivity contribution in [1.82, 2.24) is 4.98 Å². The minimum Gasteiger partial charge on any atom is -0.469 e. The second-order valence-corrected chi connectivity index (χ2v) is 3.32. The lowest BCUT2D eigenvalue weighted by Gasteiger charge is -1.99. The Bertz CT molecular complexity index is 334. The summed E-state index contributed by atoms with van der Waals surface area (Å²) < 4.78 is 40.4. The Hall–Kier alpha value is -1.11. The first-order chi connectivity index (χ1) is 6.43. The number of hydrogen-bond acceptors (Lipinski definition) is 4. The fourth-order valence-corrected chi connectivity index (χ4v) is 1.50. The normalized spacial score (nSPS) is 11.4. The van der Waals surface area contributed by atoms with Gasteiger partial charge in [-0.2, -0.15) is 13.2 Å². The van der Waals surface area contributed by atoms with E-state index in [4.69, 9.17) is 0 Å². The summed E-state index contributed by atoms with van der Waals surface area (Å²) in [5.41, 5.74) is -0.971. The average Bonchev–Trinajstić information content (AvgIpc) is 2.51. The van der Waals surface area contributed by atoms with Crippen LogP contribution < -0.4 is 0 Å². The summed E-state index contributed by atoms with van der Waals surface area (Å²) in [5.74, 6) is -0.604. The Morgan fingerprint density at radius 3 is 2.71 bits per heavy atom. The lowest BCUT2D eigenvalue weighted by molar-refractivity contribution is -0.142. The van der Waals surface area contributed by atoms with Crippen molar-refractivity contribution in [1.29, 1.82) is 0 Å². The van der Waals surface area contributed by atoms with Crippen LogP contribution in [-0.2, 0) is 22.1 Å². The molecule has 1 aromatic rings. The van der Waals surface area contributed by atoms with Crippen LogP contribution in [0.4, 0.5) is 13.2 Å². The van der Waals surface area contributed by atoms with Crippen molar-refractivity contribution in [3.63, 3.8) is 0 Å². The van der Waals surface area contributed by atoms with Crippen molar-refractivity contribution < 1.29 is 22.7 Å². The summed E-state index contributed by atoms with van der Waals surface area (Å²) in [5, 5.41) is 0.974. The highest BCUT2D eigenvalue weighted by atomic mass is 32.1. The molecule has 0 amide bonds. The van der Waals surface area contributed by atoms with Gasteiger partial charge in [-0.15, -0.1) is 11.3 Å². The molecule has 0 saturated carbocycles. The van der Waals surface area contributed by atoms with E-state index in [1.807, 2.05) is 0 Å². The summed E-state index contributed by atoms with van der Waals surface area (Å²) in [6.07, 6.45) is -4.68. The van der Waals surface area contributed by atoms with Crippen LogP contribution in [0.2, 0.25) is 0 Å². The predicted octanol–water partition coefficient (Wildman–Crippen LogP) is 1.88. The van der Waals surface area contributed by atoms with Crippen molar-refractivity contribution in [2.24, 2.45) is 0 Å². The molecule has 7 heteroatoms. The Balaban J connectivity index is 2.74. The molecule has 1 aromatic heterocycles. The van der Waals surface area contributed by atoms with Gasteiger partial charge in [0, 0.05) is 5.38 Å². The van der Waals surface area contributed by atoms with Crippen LogP contribution in [0.25, 0.3) is 0 Å². The van der Waals surface area contributed by atoms with E-state index in [1.54, 1.807) is 0 Å². The van der Waals surface area contributed by atoms with Gasteiger partial charge in [-0.1, -0.05) is 0 Å². The van der Waals surface area contributed by atoms with Crippen molar-refractivity contribution in [2.75, 3.05) is 7.11 Å². The minimum atomic E-state index is -4.45. The molecule has 0 aliphatic carbocycles. The number of carbonyl (C=O) groups is 1. The summed E-state index contributed by atoms with van der Waals surface area (Å²) >= 11 is 0.788. The fourth-order valence-electron chi connectivity index (χ4n) is 0.718. The van der Waals surface area contributed by atoms with E-state index in [0.29, 0.717) is 0 Å². The first kappa shape index (κ1) is 11.0. The van der Waals surface area contributed by atoms with Gasteiger partial charge < -0.3 is 4.74 Å². The molecule has 14 heavy (non-hydrogen) atoms. The van der Waals surface area contributed by atoms with Gasteiger partial charge in [-0.3, -0.25) is 4.79 Å². The Morgan fingerprint density at radius 1 is 1.64 bits per heavy atom. The average molecular weight is 225 g/mol. The number of ether oxygens (including phenoxy) is 1. The zero-order chi connectivity index (χ0) is 10.8. The molecule has 0 fully saturated rings. The molecule has 0 saturated heterocycles. The maximum atomic E-state index is 12.0. The molecule has 3 nitrogen and oxygen atoms in total. The second-order valence-electron chi connectivity index (χ2n) is 2.38. The highest BCUT2D eigenvalue weighted by molar-refractivity contribution is 7.09. The molecule has 0 bridgehead atoms. The van der Waals surface area contributed by atoms with Gasteiger partial charge in [0.15, 0.2) is 5.69 Å². The van der Waals surface area contributed by atoms with E-state index in [1.165, 1.54) is 7.11 Å². The molecule has 1 rings (SSSR count). The quantitative estimate of drug-likeness (QED) is 0.721. The zero-order valence-electron chi connectivity index (χ0n) is 7.09. The molecule has 0 aliphatic heterocycles. The third kappa shape index (κ3) is 2.69. The molecule has 0 aromatic carbocycles. The van der Waals surface area contributed by atoms with Crippen LogP contribution in [-0.4, -0.2) is 18.1 Å². The van der Waals surface area contributed by atoms with Gasteiger partial charge in [0.25, 0.3) is 0 Å². The van der Waals surface area contributed by atoms with Gasteiger partial charge in [0.1, 0.15) is 5.01 Å². The van der Waals surface area contributed by atoms with E-state index in [0.717, 1.165) is 16.7 Å². The molecule has 0 spiro atoms. The van der Waals surface area contributed by atoms with Gasteiger partial charge >= 0.3 is 12.1 Å². The number of esters is 1. The number of methoxy groups -OCH3 is 1. The van der Waals surface area contributed by atoms with Crippen LogP contribution >= 0.6 is 11.3 Å². The summed E-state index contributed by atoms with van der Waals surface area (Å²) in [7, 11) is 1.17. The van der Waals surface area contributed by atoms with Crippen LogP contribution in [0.5, 0.6) is 0 Å². The maximum Gasteiger partial charge on any atom is 0.434 e. The van der Waals surface area contributed by atoms with Crippen LogP contribution in [0.3, 0.4) is 0 Å². The smallest absolute Gasteiger partial charge is 0.434 e.